The maximum absolute atomic E-state index is 9.69. The quantitative estimate of drug-likeness (QED) is 0.474. The third kappa shape index (κ3) is 5.37. The van der Waals surface area contributed by atoms with Crippen LogP contribution in [0.15, 0.2) is 0 Å². The number of hydrogen-bond donors (Lipinski definition) is 1. The molecule has 0 aliphatic carbocycles. The van der Waals surface area contributed by atoms with E-state index in [1.165, 1.54) is 0 Å². The van der Waals surface area contributed by atoms with E-state index >= 15 is 0 Å². The van der Waals surface area contributed by atoms with E-state index in [9.17, 15) is 9.90 Å². The fourth-order valence-corrected chi connectivity index (χ4v) is 0.167. The van der Waals surface area contributed by atoms with Gasteiger partial charge in [0.15, 0.2) is 0 Å². The van der Waals surface area contributed by atoms with Crippen molar-refractivity contribution < 1.29 is 68.1 Å². The van der Waals surface area contributed by atoms with Crippen molar-refractivity contribution in [3.63, 3.8) is 0 Å². The monoisotopic (exact) mass is 187 g/mol. The summed E-state index contributed by atoms with van der Waals surface area (Å²) in [6.07, 6.45) is 0.433. The van der Waals surface area contributed by atoms with E-state index in [-0.39, 0.29) is 58.2 Å². The van der Waals surface area contributed by atoms with Crippen LogP contribution in [0.1, 0.15) is 13.3 Å². The molecule has 0 aromatic heterocycles. The van der Waals surface area contributed by atoms with Gasteiger partial charge in [0.2, 0.25) is 0 Å². The molecule has 0 aromatic carbocycles. The van der Waals surface area contributed by atoms with E-state index in [2.05, 4.69) is 0 Å². The van der Waals surface area contributed by atoms with Crippen LogP contribution >= 0.6 is 0 Å². The Kier molecular flexibility index (Phi) is 9.51. The van der Waals surface area contributed by atoms with Gasteiger partial charge in [-0.2, -0.15) is 0 Å². The molecule has 42 valence electrons. The van der Waals surface area contributed by atoms with E-state index in [1.54, 1.807) is 6.92 Å². The standard InChI is InChI=1S/C4H9NO2.Rb/c1-2-3(5)4(6)7;/h3H,2,5H2,1H3,(H,6,7);/q;+1/p-1/t3-;/m0./s1. The van der Waals surface area contributed by atoms with E-state index in [1.807, 2.05) is 0 Å². The van der Waals surface area contributed by atoms with Crippen molar-refractivity contribution in [3.8, 4) is 0 Å². The Bertz CT molecular complexity index is 76.4. The molecule has 0 unspecified atom stereocenters. The number of nitrogens with two attached hydrogens (primary N) is 1. The molecular formula is C4H8NO2Rb. The van der Waals surface area contributed by atoms with Gasteiger partial charge in [0.1, 0.15) is 0 Å². The average molecular weight is 188 g/mol. The normalized spacial score (nSPS) is 11.8. The smallest absolute Gasteiger partial charge is 0.548 e. The van der Waals surface area contributed by atoms with E-state index < -0.39 is 12.0 Å². The van der Waals surface area contributed by atoms with Crippen molar-refractivity contribution in [2.45, 2.75) is 19.4 Å². The maximum atomic E-state index is 9.69. The number of carbonyl (C=O) groups is 1. The molecule has 2 N–H and O–H groups in total. The molecule has 0 saturated carbocycles. The zero-order chi connectivity index (χ0) is 5.86. The fraction of sp³-hybridized carbons (Fsp3) is 0.750. The predicted octanol–water partition coefficient (Wildman–Crippen LogP) is -4.52. The molecule has 0 aromatic rings. The van der Waals surface area contributed by atoms with E-state index in [0.29, 0.717) is 6.42 Å². The third-order valence-corrected chi connectivity index (χ3v) is 0.743. The molecule has 0 fully saturated rings. The molecule has 1 atom stereocenters. The molecule has 0 saturated heterocycles. The topological polar surface area (TPSA) is 66.2 Å². The van der Waals surface area contributed by atoms with Crippen molar-refractivity contribution >= 4 is 5.97 Å². The first-order valence-electron chi connectivity index (χ1n) is 2.15. The zero-order valence-corrected chi connectivity index (χ0v) is 10.1. The number of rotatable bonds is 2. The fourth-order valence-electron chi connectivity index (χ4n) is 0.167. The summed E-state index contributed by atoms with van der Waals surface area (Å²) in [4.78, 5) is 9.69. The summed E-state index contributed by atoms with van der Waals surface area (Å²) in [5.74, 6) is -1.18. The molecule has 0 bridgehead atoms. The molecule has 0 radical (unpaired) electrons. The van der Waals surface area contributed by atoms with E-state index in [4.69, 9.17) is 5.73 Å². The van der Waals surface area contributed by atoms with Crippen molar-refractivity contribution in [2.24, 2.45) is 5.73 Å². The molecule has 0 aliphatic heterocycles. The van der Waals surface area contributed by atoms with Gasteiger partial charge < -0.3 is 15.6 Å². The van der Waals surface area contributed by atoms with Crippen LogP contribution in [0.2, 0.25) is 0 Å². The molecule has 4 heteroatoms. The maximum Gasteiger partial charge on any atom is 1.00 e. The Morgan fingerprint density at radius 3 is 2.25 bits per heavy atom. The molecule has 0 spiro atoms. The molecular weight excluding hydrogens is 180 g/mol. The summed E-state index contributed by atoms with van der Waals surface area (Å²) in [5, 5.41) is 9.69. The number of carbonyl (C=O) groups excluding carboxylic acids is 1. The van der Waals surface area contributed by atoms with Gasteiger partial charge in [-0.1, -0.05) is 6.92 Å². The van der Waals surface area contributed by atoms with Crippen LogP contribution in [0.4, 0.5) is 0 Å². The summed E-state index contributed by atoms with van der Waals surface area (Å²) in [7, 11) is 0. The second-order valence-corrected chi connectivity index (χ2v) is 1.33. The van der Waals surface area contributed by atoms with Gasteiger partial charge >= 0.3 is 58.2 Å². The average Bonchev–Trinajstić information content (AvgIpc) is 1.65. The zero-order valence-electron chi connectivity index (χ0n) is 5.18. The first kappa shape index (κ1) is 12.0. The summed E-state index contributed by atoms with van der Waals surface area (Å²) >= 11 is 0. The third-order valence-electron chi connectivity index (χ3n) is 0.743. The minimum Gasteiger partial charge on any atom is -0.548 e. The van der Waals surface area contributed by atoms with Gasteiger partial charge in [0, 0.05) is 6.04 Å². The van der Waals surface area contributed by atoms with Crippen molar-refractivity contribution in [3.05, 3.63) is 0 Å². The van der Waals surface area contributed by atoms with Crippen LogP contribution in [0, 0.1) is 0 Å². The number of carboxylic acids is 1. The number of hydrogen-bond acceptors (Lipinski definition) is 3. The number of aliphatic carboxylic acids is 1. The summed E-state index contributed by atoms with van der Waals surface area (Å²) < 4.78 is 0. The molecule has 0 amide bonds. The Morgan fingerprint density at radius 1 is 1.88 bits per heavy atom. The van der Waals surface area contributed by atoms with Gasteiger partial charge in [-0.25, -0.2) is 0 Å². The van der Waals surface area contributed by atoms with E-state index in [0.717, 1.165) is 0 Å². The van der Waals surface area contributed by atoms with Gasteiger partial charge in [0.25, 0.3) is 0 Å². The minimum atomic E-state index is -1.18. The summed E-state index contributed by atoms with van der Waals surface area (Å²) in [5.41, 5.74) is 4.95. The van der Waals surface area contributed by atoms with Crippen LogP contribution in [-0.2, 0) is 4.79 Å². The molecule has 3 nitrogen and oxygen atoms in total. The number of carboxylic acid groups (broad SMARTS) is 1. The molecule has 0 heterocycles. The van der Waals surface area contributed by atoms with Gasteiger partial charge in [-0.3, -0.25) is 0 Å². The Morgan fingerprint density at radius 2 is 2.25 bits per heavy atom. The SMILES string of the molecule is CC[C@H](N)C(=O)[O-].[Rb+]. The van der Waals surface area contributed by atoms with Gasteiger partial charge in [-0.05, 0) is 6.42 Å². The Labute approximate surface area is 97.4 Å². The van der Waals surface area contributed by atoms with Crippen molar-refractivity contribution in [1.82, 2.24) is 0 Å². The van der Waals surface area contributed by atoms with Crippen molar-refractivity contribution in [2.75, 3.05) is 0 Å². The Balaban J connectivity index is 0. The molecule has 8 heavy (non-hydrogen) atoms. The predicted molar refractivity (Wildman–Crippen MR) is 23.3 cm³/mol. The second kappa shape index (κ2) is 6.36. The molecule has 0 rings (SSSR count). The second-order valence-electron chi connectivity index (χ2n) is 1.33. The van der Waals surface area contributed by atoms with Crippen LogP contribution in [0.5, 0.6) is 0 Å². The largest absolute Gasteiger partial charge is 1.00 e. The van der Waals surface area contributed by atoms with Gasteiger partial charge in [0.05, 0.1) is 5.97 Å². The Hall–Kier alpha value is 1.24. The minimum absolute atomic E-state index is 0. The van der Waals surface area contributed by atoms with Gasteiger partial charge in [-0.15, -0.1) is 0 Å². The summed E-state index contributed by atoms with van der Waals surface area (Å²) in [6.45, 7) is 1.69. The summed E-state index contributed by atoms with van der Waals surface area (Å²) in [6, 6.07) is -0.792. The first-order valence-corrected chi connectivity index (χ1v) is 2.15. The van der Waals surface area contributed by atoms with Crippen LogP contribution < -0.4 is 69.0 Å². The molecule has 0 aliphatic rings. The first-order chi connectivity index (χ1) is 3.18. The van der Waals surface area contributed by atoms with Crippen LogP contribution in [0.25, 0.3) is 0 Å². The van der Waals surface area contributed by atoms with Crippen LogP contribution in [-0.4, -0.2) is 12.0 Å². The van der Waals surface area contributed by atoms with Crippen LogP contribution in [0.3, 0.4) is 0 Å². The van der Waals surface area contributed by atoms with Crippen molar-refractivity contribution in [1.29, 1.82) is 0 Å².